The molecule has 1 aliphatic carbocycles. The molecule has 0 spiro atoms. The second-order valence-corrected chi connectivity index (χ2v) is 3.98. The van der Waals surface area contributed by atoms with Gasteiger partial charge in [0.05, 0.1) is 0 Å². The normalized spacial score (nSPS) is 16.2. The molecule has 5 heteroatoms. The molecule has 0 unspecified atom stereocenters. The molecule has 1 heterocycles. The van der Waals surface area contributed by atoms with Gasteiger partial charge in [0.1, 0.15) is 0 Å². The van der Waals surface area contributed by atoms with Crippen LogP contribution in [-0.2, 0) is 0 Å². The van der Waals surface area contributed by atoms with Crippen LogP contribution in [0.15, 0.2) is 17.2 Å². The fraction of sp³-hybridized carbons (Fsp3) is 0.500. The van der Waals surface area contributed by atoms with Gasteiger partial charge in [-0.15, -0.1) is 10.2 Å². The van der Waals surface area contributed by atoms with E-state index in [4.69, 9.17) is 11.6 Å². The first-order valence-corrected chi connectivity index (χ1v) is 5.53. The molecule has 0 bridgehead atoms. The zero-order valence-electron chi connectivity index (χ0n) is 8.41. The Morgan fingerprint density at radius 1 is 1.13 bits per heavy atom. The van der Waals surface area contributed by atoms with Gasteiger partial charge in [0.2, 0.25) is 0 Å². The molecule has 1 fully saturated rings. The molecule has 0 aromatic carbocycles. The van der Waals surface area contributed by atoms with E-state index in [9.17, 15) is 0 Å². The molecule has 1 aliphatic rings. The summed E-state index contributed by atoms with van der Waals surface area (Å²) in [6.07, 6.45) is 5.99. The van der Waals surface area contributed by atoms with Crippen LogP contribution < -0.4 is 5.43 Å². The van der Waals surface area contributed by atoms with Crippen LogP contribution in [0.2, 0.25) is 5.15 Å². The molecule has 0 amide bonds. The Morgan fingerprint density at radius 3 is 2.60 bits per heavy atom. The highest BCUT2D eigenvalue weighted by Gasteiger charge is 2.06. The first-order valence-electron chi connectivity index (χ1n) is 5.15. The Kier molecular flexibility index (Phi) is 3.50. The lowest BCUT2D eigenvalue weighted by Crippen LogP contribution is -2.07. The number of hydrazone groups is 1. The zero-order valence-corrected chi connectivity index (χ0v) is 9.17. The number of hydrogen-bond acceptors (Lipinski definition) is 4. The zero-order chi connectivity index (χ0) is 10.5. The van der Waals surface area contributed by atoms with Gasteiger partial charge < -0.3 is 0 Å². The maximum atomic E-state index is 5.62. The van der Waals surface area contributed by atoms with Crippen molar-refractivity contribution in [1.29, 1.82) is 0 Å². The second-order valence-electron chi connectivity index (χ2n) is 3.59. The Bertz CT molecular complexity index is 339. The summed E-state index contributed by atoms with van der Waals surface area (Å²) in [5.41, 5.74) is 4.12. The van der Waals surface area contributed by atoms with Gasteiger partial charge in [0.15, 0.2) is 11.0 Å². The summed E-state index contributed by atoms with van der Waals surface area (Å²) in [4.78, 5) is 0. The number of aromatic nitrogens is 2. The lowest BCUT2D eigenvalue weighted by atomic mass is 9.99. The molecule has 0 saturated heterocycles. The van der Waals surface area contributed by atoms with Crippen LogP contribution in [0.25, 0.3) is 0 Å². The highest BCUT2D eigenvalue weighted by molar-refractivity contribution is 6.29. The van der Waals surface area contributed by atoms with Crippen molar-refractivity contribution in [2.45, 2.75) is 32.1 Å². The van der Waals surface area contributed by atoms with Crippen molar-refractivity contribution >= 4 is 23.1 Å². The van der Waals surface area contributed by atoms with E-state index in [1.54, 1.807) is 12.1 Å². The third-order valence-corrected chi connectivity index (χ3v) is 2.59. The summed E-state index contributed by atoms with van der Waals surface area (Å²) in [7, 11) is 0. The molecule has 1 saturated carbocycles. The minimum atomic E-state index is 0.394. The van der Waals surface area contributed by atoms with E-state index in [1.807, 2.05) is 0 Å². The molecule has 1 aromatic heterocycles. The molecule has 15 heavy (non-hydrogen) atoms. The maximum Gasteiger partial charge on any atom is 0.168 e. The van der Waals surface area contributed by atoms with Gasteiger partial charge in [-0.2, -0.15) is 5.10 Å². The Balaban J connectivity index is 1.94. The first kappa shape index (κ1) is 10.4. The number of nitrogens with one attached hydrogen (secondary N) is 1. The van der Waals surface area contributed by atoms with Crippen LogP contribution in [0.5, 0.6) is 0 Å². The van der Waals surface area contributed by atoms with E-state index < -0.39 is 0 Å². The summed E-state index contributed by atoms with van der Waals surface area (Å²) in [5, 5.41) is 12.3. The lowest BCUT2D eigenvalue weighted by Gasteiger charge is -2.11. The maximum absolute atomic E-state index is 5.62. The number of halogens is 1. The van der Waals surface area contributed by atoms with Gasteiger partial charge >= 0.3 is 0 Å². The first-order chi connectivity index (χ1) is 7.34. The van der Waals surface area contributed by atoms with Gasteiger partial charge in [-0.05, 0) is 37.8 Å². The van der Waals surface area contributed by atoms with Gasteiger partial charge in [-0.1, -0.05) is 18.0 Å². The van der Waals surface area contributed by atoms with Crippen LogP contribution in [0.3, 0.4) is 0 Å². The monoisotopic (exact) mass is 224 g/mol. The fourth-order valence-corrected chi connectivity index (χ4v) is 1.68. The quantitative estimate of drug-likeness (QED) is 0.786. The number of rotatable bonds is 2. The molecule has 1 N–H and O–H groups in total. The van der Waals surface area contributed by atoms with Crippen molar-refractivity contribution < 1.29 is 0 Å². The van der Waals surface area contributed by atoms with Crippen molar-refractivity contribution in [3.8, 4) is 0 Å². The third kappa shape index (κ3) is 3.16. The summed E-state index contributed by atoms with van der Waals surface area (Å²) in [5.74, 6) is 0.637. The second kappa shape index (κ2) is 5.07. The molecule has 1 aromatic rings. The molecule has 2 rings (SSSR count). The summed E-state index contributed by atoms with van der Waals surface area (Å²) < 4.78 is 0. The van der Waals surface area contributed by atoms with E-state index in [-0.39, 0.29) is 0 Å². The van der Waals surface area contributed by atoms with Crippen molar-refractivity contribution in [2.24, 2.45) is 5.10 Å². The smallest absolute Gasteiger partial charge is 0.168 e. The minimum absolute atomic E-state index is 0.394. The Hall–Kier alpha value is -1.16. The molecular weight excluding hydrogens is 212 g/mol. The molecule has 0 aliphatic heterocycles. The average Bonchev–Trinajstić information content (AvgIpc) is 2.30. The van der Waals surface area contributed by atoms with Gasteiger partial charge in [-0.3, -0.25) is 5.43 Å². The molecule has 4 nitrogen and oxygen atoms in total. The highest BCUT2D eigenvalue weighted by Crippen LogP contribution is 2.15. The Morgan fingerprint density at radius 2 is 1.93 bits per heavy atom. The van der Waals surface area contributed by atoms with Crippen molar-refractivity contribution in [1.82, 2.24) is 10.2 Å². The SMILES string of the molecule is Clc1ccc(NN=C2CCCCC2)nn1. The minimum Gasteiger partial charge on any atom is -0.260 e. The summed E-state index contributed by atoms with van der Waals surface area (Å²) >= 11 is 5.62. The van der Waals surface area contributed by atoms with Crippen LogP contribution in [-0.4, -0.2) is 15.9 Å². The van der Waals surface area contributed by atoms with Crippen LogP contribution >= 0.6 is 11.6 Å². The number of hydrogen-bond donors (Lipinski definition) is 1. The highest BCUT2D eigenvalue weighted by atomic mass is 35.5. The topological polar surface area (TPSA) is 50.2 Å². The van der Waals surface area contributed by atoms with Crippen LogP contribution in [0.1, 0.15) is 32.1 Å². The van der Waals surface area contributed by atoms with Crippen LogP contribution in [0, 0.1) is 0 Å². The lowest BCUT2D eigenvalue weighted by molar-refractivity contribution is 0.665. The molecule has 0 atom stereocenters. The predicted molar refractivity (Wildman–Crippen MR) is 61.2 cm³/mol. The van der Waals surface area contributed by atoms with Crippen LogP contribution in [0.4, 0.5) is 5.82 Å². The predicted octanol–water partition coefficient (Wildman–Crippen LogP) is 2.86. The number of anilines is 1. The summed E-state index contributed by atoms with van der Waals surface area (Å²) in [6, 6.07) is 3.46. The fourth-order valence-electron chi connectivity index (χ4n) is 1.58. The van der Waals surface area contributed by atoms with E-state index in [2.05, 4.69) is 20.7 Å². The largest absolute Gasteiger partial charge is 0.260 e. The van der Waals surface area contributed by atoms with E-state index >= 15 is 0 Å². The van der Waals surface area contributed by atoms with Crippen molar-refractivity contribution in [3.05, 3.63) is 17.3 Å². The van der Waals surface area contributed by atoms with Gasteiger partial charge in [0, 0.05) is 5.71 Å². The molecule has 0 radical (unpaired) electrons. The van der Waals surface area contributed by atoms with E-state index in [0.717, 1.165) is 12.8 Å². The standard InChI is InChI=1S/C10H13ClN4/c11-9-6-7-10(15-13-9)14-12-8-4-2-1-3-5-8/h6-7H,1-5H2,(H,14,15). The van der Waals surface area contributed by atoms with Gasteiger partial charge in [-0.25, -0.2) is 0 Å². The molecular formula is C10H13ClN4. The summed E-state index contributed by atoms with van der Waals surface area (Å²) in [6.45, 7) is 0. The average molecular weight is 225 g/mol. The van der Waals surface area contributed by atoms with Crippen molar-refractivity contribution in [2.75, 3.05) is 5.43 Å². The van der Waals surface area contributed by atoms with E-state index in [1.165, 1.54) is 25.0 Å². The van der Waals surface area contributed by atoms with Crippen molar-refractivity contribution in [3.63, 3.8) is 0 Å². The number of nitrogens with zero attached hydrogens (tertiary/aromatic N) is 3. The Labute approximate surface area is 93.7 Å². The molecule has 80 valence electrons. The van der Waals surface area contributed by atoms with Gasteiger partial charge in [0.25, 0.3) is 0 Å². The third-order valence-electron chi connectivity index (χ3n) is 2.39. The van der Waals surface area contributed by atoms with E-state index in [0.29, 0.717) is 11.0 Å².